The van der Waals surface area contributed by atoms with Gasteiger partial charge in [0.1, 0.15) is 5.57 Å². The van der Waals surface area contributed by atoms with Gasteiger partial charge in [0, 0.05) is 17.6 Å². The van der Waals surface area contributed by atoms with Gasteiger partial charge >= 0.3 is 0 Å². The molecule has 1 aliphatic rings. The second-order valence-electron chi connectivity index (χ2n) is 6.32. The largest absolute Gasteiger partial charge is 0.317 e. The number of anilines is 1. The molecule has 1 aromatic heterocycles. The predicted octanol–water partition coefficient (Wildman–Crippen LogP) is 1.59. The summed E-state index contributed by atoms with van der Waals surface area (Å²) in [6.45, 7) is 0. The average molecular weight is 408 g/mol. The van der Waals surface area contributed by atoms with Gasteiger partial charge in [-0.2, -0.15) is 0 Å². The van der Waals surface area contributed by atoms with Gasteiger partial charge in [0.15, 0.2) is 0 Å². The lowest BCUT2D eigenvalue weighted by atomic mass is 10.2. The summed E-state index contributed by atoms with van der Waals surface area (Å²) in [4.78, 5) is 25.1. The zero-order chi connectivity index (χ0) is 20.6. The maximum absolute atomic E-state index is 12.7. The SMILES string of the molecule is NS(=O)(=O)c1ccc(-n2cccc2C=C2C(=O)NN(c3ccccc3)C2=O)cc1. The average Bonchev–Trinajstić information content (AvgIpc) is 3.28. The molecule has 9 heteroatoms. The monoisotopic (exact) mass is 408 g/mol. The van der Waals surface area contributed by atoms with Crippen LogP contribution in [0.5, 0.6) is 0 Å². The number of sulfonamides is 1. The van der Waals surface area contributed by atoms with E-state index in [0.29, 0.717) is 17.1 Å². The maximum Gasteiger partial charge on any atom is 0.282 e. The minimum Gasteiger partial charge on any atom is -0.317 e. The number of primary sulfonamides is 1. The van der Waals surface area contributed by atoms with Crippen LogP contribution < -0.4 is 15.6 Å². The summed E-state index contributed by atoms with van der Waals surface area (Å²) in [7, 11) is -3.79. The molecule has 29 heavy (non-hydrogen) atoms. The van der Waals surface area contributed by atoms with Crippen molar-refractivity contribution in [3.63, 3.8) is 0 Å². The van der Waals surface area contributed by atoms with Crippen LogP contribution in [0.4, 0.5) is 5.69 Å². The Hall–Kier alpha value is -3.69. The molecule has 0 bridgehead atoms. The number of nitrogens with one attached hydrogen (secondary N) is 1. The lowest BCUT2D eigenvalue weighted by Gasteiger charge is -2.13. The number of carbonyl (C=O) groups is 2. The molecule has 146 valence electrons. The smallest absolute Gasteiger partial charge is 0.282 e. The van der Waals surface area contributed by atoms with Crippen molar-refractivity contribution in [2.75, 3.05) is 5.01 Å². The first kappa shape index (κ1) is 18.7. The van der Waals surface area contributed by atoms with Gasteiger partial charge in [0.25, 0.3) is 11.8 Å². The summed E-state index contributed by atoms with van der Waals surface area (Å²) in [5.74, 6) is -0.963. The lowest BCUT2D eigenvalue weighted by molar-refractivity contribution is -0.117. The quantitative estimate of drug-likeness (QED) is 0.504. The van der Waals surface area contributed by atoms with Crippen molar-refractivity contribution in [1.29, 1.82) is 0 Å². The van der Waals surface area contributed by atoms with Crippen molar-refractivity contribution in [3.05, 3.63) is 84.2 Å². The Labute approximate surface area is 166 Å². The molecule has 4 rings (SSSR count). The van der Waals surface area contributed by atoms with Gasteiger partial charge in [0.05, 0.1) is 10.6 Å². The van der Waals surface area contributed by atoms with Crippen molar-refractivity contribution < 1.29 is 18.0 Å². The number of nitrogens with zero attached hydrogens (tertiary/aromatic N) is 2. The van der Waals surface area contributed by atoms with Crippen LogP contribution in [0.1, 0.15) is 5.69 Å². The molecule has 0 saturated carbocycles. The molecular weight excluding hydrogens is 392 g/mol. The van der Waals surface area contributed by atoms with Crippen LogP contribution in [0, 0.1) is 0 Å². The zero-order valence-corrected chi connectivity index (χ0v) is 15.8. The summed E-state index contributed by atoms with van der Waals surface area (Å²) in [5.41, 5.74) is 4.34. The number of aromatic nitrogens is 1. The Morgan fingerprint density at radius 1 is 0.862 bits per heavy atom. The molecule has 3 N–H and O–H groups in total. The Morgan fingerprint density at radius 2 is 1.55 bits per heavy atom. The van der Waals surface area contributed by atoms with Gasteiger partial charge in [-0.1, -0.05) is 18.2 Å². The van der Waals surface area contributed by atoms with E-state index in [9.17, 15) is 18.0 Å². The first-order valence-electron chi connectivity index (χ1n) is 8.57. The summed E-state index contributed by atoms with van der Waals surface area (Å²) in [6.07, 6.45) is 3.23. The van der Waals surface area contributed by atoms with Crippen LogP contribution in [-0.4, -0.2) is 24.8 Å². The van der Waals surface area contributed by atoms with Crippen molar-refractivity contribution in [2.24, 2.45) is 5.14 Å². The minimum atomic E-state index is -3.79. The van der Waals surface area contributed by atoms with Crippen LogP contribution >= 0.6 is 0 Å². The molecule has 0 unspecified atom stereocenters. The van der Waals surface area contributed by atoms with Gasteiger partial charge in [-0.15, -0.1) is 0 Å². The molecule has 2 amide bonds. The summed E-state index contributed by atoms with van der Waals surface area (Å²) in [6, 6.07) is 18.3. The Bertz CT molecular complexity index is 1230. The molecule has 1 saturated heterocycles. The van der Waals surface area contributed by atoms with Crippen LogP contribution in [0.15, 0.2) is 83.4 Å². The lowest BCUT2D eigenvalue weighted by Crippen LogP contribution is -2.35. The third-order valence-corrected chi connectivity index (χ3v) is 5.35. The number of amides is 2. The normalized spacial score (nSPS) is 15.8. The number of hydrogen-bond donors (Lipinski definition) is 2. The Balaban J connectivity index is 1.67. The van der Waals surface area contributed by atoms with Crippen LogP contribution in [-0.2, 0) is 19.6 Å². The topological polar surface area (TPSA) is 114 Å². The highest BCUT2D eigenvalue weighted by Gasteiger charge is 2.34. The van der Waals surface area contributed by atoms with E-state index in [4.69, 9.17) is 5.14 Å². The third-order valence-electron chi connectivity index (χ3n) is 4.42. The van der Waals surface area contributed by atoms with E-state index in [-0.39, 0.29) is 10.5 Å². The van der Waals surface area contributed by atoms with E-state index in [1.54, 1.807) is 59.3 Å². The number of hydrogen-bond acceptors (Lipinski definition) is 4. The van der Waals surface area contributed by atoms with Crippen LogP contribution in [0.25, 0.3) is 11.8 Å². The van der Waals surface area contributed by atoms with E-state index in [0.717, 1.165) is 0 Å². The fourth-order valence-corrected chi connectivity index (χ4v) is 3.52. The van der Waals surface area contributed by atoms with Gasteiger partial charge < -0.3 is 4.57 Å². The standard InChI is InChI=1S/C20H16N4O4S/c21-29(27,28)17-10-8-14(9-11-17)23-12-4-7-16(23)13-18-19(25)22-24(20(18)26)15-5-2-1-3-6-15/h1-13H,(H,22,25)(H2,21,27,28). The number of hydrazine groups is 1. The van der Waals surface area contributed by atoms with Crippen molar-refractivity contribution in [3.8, 4) is 5.69 Å². The van der Waals surface area contributed by atoms with Crippen LogP contribution in [0.3, 0.4) is 0 Å². The zero-order valence-electron chi connectivity index (χ0n) is 15.0. The first-order chi connectivity index (χ1) is 13.8. The highest BCUT2D eigenvalue weighted by molar-refractivity contribution is 7.89. The van der Waals surface area contributed by atoms with Crippen LogP contribution in [0.2, 0.25) is 0 Å². The van der Waals surface area contributed by atoms with Gasteiger partial charge in [-0.25, -0.2) is 18.6 Å². The van der Waals surface area contributed by atoms with E-state index in [1.165, 1.54) is 23.2 Å². The molecule has 1 fully saturated rings. The van der Waals surface area contributed by atoms with Gasteiger partial charge in [0.2, 0.25) is 10.0 Å². The van der Waals surface area contributed by atoms with Crippen molar-refractivity contribution in [1.82, 2.24) is 9.99 Å². The summed E-state index contributed by atoms with van der Waals surface area (Å²) in [5, 5.41) is 6.32. The number of carbonyl (C=O) groups excluding carboxylic acids is 2. The molecule has 0 aliphatic carbocycles. The maximum atomic E-state index is 12.7. The Morgan fingerprint density at radius 3 is 2.21 bits per heavy atom. The Kier molecular flexibility index (Phi) is 4.53. The number of benzene rings is 2. The summed E-state index contributed by atoms with van der Waals surface area (Å²) >= 11 is 0. The first-order valence-corrected chi connectivity index (χ1v) is 10.1. The second kappa shape index (κ2) is 7.04. The number of para-hydroxylation sites is 1. The van der Waals surface area contributed by atoms with Crippen molar-refractivity contribution in [2.45, 2.75) is 4.90 Å². The van der Waals surface area contributed by atoms with E-state index >= 15 is 0 Å². The number of rotatable bonds is 4. The van der Waals surface area contributed by atoms with E-state index in [1.807, 2.05) is 6.07 Å². The predicted molar refractivity (Wildman–Crippen MR) is 107 cm³/mol. The molecular formula is C20H16N4O4S. The fourth-order valence-electron chi connectivity index (χ4n) is 3.01. The third kappa shape index (κ3) is 3.56. The summed E-state index contributed by atoms with van der Waals surface area (Å²) < 4.78 is 24.6. The van der Waals surface area contributed by atoms with E-state index in [2.05, 4.69) is 5.43 Å². The minimum absolute atomic E-state index is 0.00263. The molecule has 1 aliphatic heterocycles. The van der Waals surface area contributed by atoms with E-state index < -0.39 is 21.8 Å². The fraction of sp³-hybridized carbons (Fsp3) is 0. The molecule has 0 spiro atoms. The molecule has 2 heterocycles. The number of nitrogens with two attached hydrogens (primary N) is 1. The molecule has 2 aromatic carbocycles. The highest BCUT2D eigenvalue weighted by Crippen LogP contribution is 2.23. The molecule has 0 atom stereocenters. The van der Waals surface area contributed by atoms with Gasteiger partial charge in [-0.3, -0.25) is 15.0 Å². The molecule has 3 aromatic rings. The molecule has 0 radical (unpaired) electrons. The van der Waals surface area contributed by atoms with Crippen molar-refractivity contribution >= 4 is 33.6 Å². The highest BCUT2D eigenvalue weighted by atomic mass is 32.2. The second-order valence-corrected chi connectivity index (χ2v) is 7.88. The molecule has 8 nitrogen and oxygen atoms in total. The van der Waals surface area contributed by atoms with Gasteiger partial charge in [-0.05, 0) is 54.6 Å².